The van der Waals surface area contributed by atoms with Crippen LogP contribution in [-0.4, -0.2) is 16.9 Å². The van der Waals surface area contributed by atoms with Crippen LogP contribution in [0.2, 0.25) is 0 Å². The lowest BCUT2D eigenvalue weighted by molar-refractivity contribution is -0.136. The molecule has 94 valence electrons. The first-order valence-electron chi connectivity index (χ1n) is 6.08. The van der Waals surface area contributed by atoms with Crippen molar-refractivity contribution in [1.29, 1.82) is 0 Å². The van der Waals surface area contributed by atoms with Gasteiger partial charge in [-0.05, 0) is 35.1 Å². The van der Waals surface area contributed by atoms with Gasteiger partial charge in [0.05, 0.1) is 6.42 Å². The Kier molecular flexibility index (Phi) is 3.60. The number of rotatable bonds is 4. The van der Waals surface area contributed by atoms with Crippen molar-refractivity contribution in [3.8, 4) is 0 Å². The number of benzene rings is 1. The van der Waals surface area contributed by atoms with Crippen LogP contribution in [-0.2, 0) is 35.3 Å². The summed E-state index contributed by atoms with van der Waals surface area (Å²) in [5.74, 6) is -0.565. The molecule has 0 bridgehead atoms. The fraction of sp³-hybridized carbons (Fsp3) is 0.333. The number of hydrogen-bond acceptors (Lipinski definition) is 2. The summed E-state index contributed by atoms with van der Waals surface area (Å²) in [5, 5.41) is 8.93. The number of carboxylic acids is 1. The van der Waals surface area contributed by atoms with Crippen molar-refractivity contribution in [2.45, 2.75) is 32.1 Å². The normalized spacial score (nSPS) is 14.1. The number of aliphatic carboxylic acids is 1. The van der Waals surface area contributed by atoms with E-state index in [1.807, 2.05) is 12.1 Å². The van der Waals surface area contributed by atoms with E-state index in [2.05, 4.69) is 6.58 Å². The standard InChI is InChI=1S/C15H16O3/c1-2-3-13-11(9-15(17)18)5-4-10-8-12(16)6-7-14(10)13/h2,4-5H,1,3,6-9H2,(H,17,18). The predicted octanol–water partition coefficient (Wildman–Crippen LogP) is 2.10. The fourth-order valence-electron chi connectivity index (χ4n) is 2.56. The average Bonchev–Trinajstić information content (AvgIpc) is 2.31. The van der Waals surface area contributed by atoms with Gasteiger partial charge in [-0.25, -0.2) is 0 Å². The number of carbonyl (C=O) groups is 2. The molecule has 1 aromatic carbocycles. The SMILES string of the molecule is C=CCc1c(CC(=O)O)ccc2c1CCC(=O)C2. The number of hydrogen-bond donors (Lipinski definition) is 1. The summed E-state index contributed by atoms with van der Waals surface area (Å²) in [7, 11) is 0. The zero-order valence-corrected chi connectivity index (χ0v) is 10.2. The molecule has 0 heterocycles. The Labute approximate surface area is 106 Å². The smallest absolute Gasteiger partial charge is 0.307 e. The highest BCUT2D eigenvalue weighted by molar-refractivity contribution is 5.83. The van der Waals surface area contributed by atoms with Gasteiger partial charge in [0.2, 0.25) is 0 Å². The van der Waals surface area contributed by atoms with Crippen molar-refractivity contribution in [2.24, 2.45) is 0 Å². The zero-order valence-electron chi connectivity index (χ0n) is 10.2. The summed E-state index contributed by atoms with van der Waals surface area (Å²) < 4.78 is 0. The number of ketones is 1. The molecule has 0 aliphatic heterocycles. The van der Waals surface area contributed by atoms with Gasteiger partial charge in [-0.1, -0.05) is 18.2 Å². The van der Waals surface area contributed by atoms with E-state index < -0.39 is 5.97 Å². The van der Waals surface area contributed by atoms with Gasteiger partial charge in [0.15, 0.2) is 0 Å². The molecule has 0 radical (unpaired) electrons. The highest BCUT2D eigenvalue weighted by Crippen LogP contribution is 2.27. The molecule has 0 spiro atoms. The van der Waals surface area contributed by atoms with Crippen LogP contribution in [0.25, 0.3) is 0 Å². The van der Waals surface area contributed by atoms with Crippen molar-refractivity contribution in [2.75, 3.05) is 0 Å². The predicted molar refractivity (Wildman–Crippen MR) is 68.7 cm³/mol. The Hall–Kier alpha value is -1.90. The van der Waals surface area contributed by atoms with Crippen LogP contribution in [0.15, 0.2) is 24.8 Å². The van der Waals surface area contributed by atoms with Gasteiger partial charge in [-0.2, -0.15) is 0 Å². The first-order valence-corrected chi connectivity index (χ1v) is 6.08. The first kappa shape index (κ1) is 12.6. The average molecular weight is 244 g/mol. The van der Waals surface area contributed by atoms with Crippen LogP contribution >= 0.6 is 0 Å². The minimum Gasteiger partial charge on any atom is -0.481 e. The van der Waals surface area contributed by atoms with Gasteiger partial charge in [-0.15, -0.1) is 6.58 Å². The lowest BCUT2D eigenvalue weighted by Gasteiger charge is -2.20. The number of allylic oxidation sites excluding steroid dienone is 1. The maximum atomic E-state index is 11.4. The number of Topliss-reactive ketones (excluding diaryl/α,β-unsaturated/α-hetero) is 1. The number of carbonyl (C=O) groups excluding carboxylic acids is 1. The third kappa shape index (κ3) is 2.50. The van der Waals surface area contributed by atoms with Gasteiger partial charge in [0.1, 0.15) is 5.78 Å². The van der Waals surface area contributed by atoms with E-state index in [9.17, 15) is 9.59 Å². The molecule has 0 unspecified atom stereocenters. The molecule has 0 saturated heterocycles. The van der Waals surface area contributed by atoms with Crippen LogP contribution < -0.4 is 0 Å². The molecule has 1 aliphatic rings. The lowest BCUT2D eigenvalue weighted by atomic mass is 9.83. The Bertz CT molecular complexity index is 515. The van der Waals surface area contributed by atoms with E-state index in [4.69, 9.17) is 5.11 Å². The maximum Gasteiger partial charge on any atom is 0.307 e. The summed E-state index contributed by atoms with van der Waals surface area (Å²) in [6, 6.07) is 3.74. The van der Waals surface area contributed by atoms with Crippen molar-refractivity contribution >= 4 is 11.8 Å². The van der Waals surface area contributed by atoms with Crippen molar-refractivity contribution in [1.82, 2.24) is 0 Å². The molecule has 1 aliphatic carbocycles. The van der Waals surface area contributed by atoms with Gasteiger partial charge in [0.25, 0.3) is 0 Å². The summed E-state index contributed by atoms with van der Waals surface area (Å²) in [6.07, 6.45) is 4.26. The Balaban J connectivity index is 2.47. The van der Waals surface area contributed by atoms with Gasteiger partial charge < -0.3 is 5.11 Å². The fourth-order valence-corrected chi connectivity index (χ4v) is 2.56. The molecule has 1 aromatic rings. The second kappa shape index (κ2) is 5.17. The van der Waals surface area contributed by atoms with Crippen molar-refractivity contribution < 1.29 is 14.7 Å². The Morgan fingerprint density at radius 1 is 1.39 bits per heavy atom. The summed E-state index contributed by atoms with van der Waals surface area (Å²) >= 11 is 0. The lowest BCUT2D eigenvalue weighted by Crippen LogP contribution is -2.17. The summed E-state index contributed by atoms with van der Waals surface area (Å²) in [6.45, 7) is 3.73. The van der Waals surface area contributed by atoms with Gasteiger partial charge in [-0.3, -0.25) is 9.59 Å². The van der Waals surface area contributed by atoms with Crippen LogP contribution in [0.4, 0.5) is 0 Å². The number of fused-ring (bicyclic) bond motifs is 1. The minimum absolute atomic E-state index is 0.0321. The number of carboxylic acid groups (broad SMARTS) is 1. The summed E-state index contributed by atoms with van der Waals surface area (Å²) in [4.78, 5) is 22.3. The molecule has 0 fully saturated rings. The van der Waals surface area contributed by atoms with Crippen molar-refractivity contribution in [3.05, 3.63) is 47.0 Å². The Morgan fingerprint density at radius 3 is 2.83 bits per heavy atom. The van der Waals surface area contributed by atoms with Crippen LogP contribution in [0.1, 0.15) is 28.7 Å². The molecule has 3 nitrogen and oxygen atoms in total. The molecule has 0 atom stereocenters. The molecule has 0 amide bonds. The van der Waals surface area contributed by atoms with Crippen LogP contribution in [0.5, 0.6) is 0 Å². The van der Waals surface area contributed by atoms with Gasteiger partial charge >= 0.3 is 5.97 Å². The van der Waals surface area contributed by atoms with E-state index >= 15 is 0 Å². The highest BCUT2D eigenvalue weighted by atomic mass is 16.4. The van der Waals surface area contributed by atoms with E-state index in [0.29, 0.717) is 19.3 Å². The van der Waals surface area contributed by atoms with E-state index in [-0.39, 0.29) is 12.2 Å². The quantitative estimate of drug-likeness (QED) is 0.825. The van der Waals surface area contributed by atoms with Crippen molar-refractivity contribution in [3.63, 3.8) is 0 Å². The second-order valence-corrected chi connectivity index (χ2v) is 4.62. The third-order valence-electron chi connectivity index (χ3n) is 3.36. The monoisotopic (exact) mass is 244 g/mol. The second-order valence-electron chi connectivity index (χ2n) is 4.62. The Morgan fingerprint density at radius 2 is 2.17 bits per heavy atom. The van der Waals surface area contributed by atoms with Crippen LogP contribution in [0.3, 0.4) is 0 Å². The maximum absolute atomic E-state index is 11.4. The highest BCUT2D eigenvalue weighted by Gasteiger charge is 2.20. The molecular formula is C15H16O3. The molecule has 0 saturated carbocycles. The topological polar surface area (TPSA) is 54.4 Å². The zero-order chi connectivity index (χ0) is 13.1. The van der Waals surface area contributed by atoms with E-state index in [1.54, 1.807) is 6.08 Å². The van der Waals surface area contributed by atoms with E-state index in [0.717, 1.165) is 28.7 Å². The molecule has 3 heteroatoms. The van der Waals surface area contributed by atoms with Crippen LogP contribution in [0, 0.1) is 0 Å². The molecule has 0 aromatic heterocycles. The molecular weight excluding hydrogens is 228 g/mol. The third-order valence-corrected chi connectivity index (χ3v) is 3.36. The van der Waals surface area contributed by atoms with E-state index in [1.165, 1.54) is 0 Å². The summed E-state index contributed by atoms with van der Waals surface area (Å²) in [5.41, 5.74) is 4.11. The molecule has 18 heavy (non-hydrogen) atoms. The minimum atomic E-state index is -0.827. The molecule has 1 N–H and O–H groups in total. The molecule has 2 rings (SSSR count). The first-order chi connectivity index (χ1) is 8.61. The van der Waals surface area contributed by atoms with Gasteiger partial charge in [0, 0.05) is 12.8 Å². The largest absolute Gasteiger partial charge is 0.481 e.